The number of nitrogens with one attached hydrogen (secondary N) is 1. The van der Waals surface area contributed by atoms with Gasteiger partial charge in [0.1, 0.15) is 21.5 Å². The van der Waals surface area contributed by atoms with Crippen molar-refractivity contribution in [3.05, 3.63) is 88.7 Å². The second-order valence-corrected chi connectivity index (χ2v) is 13.5. The number of likely N-dealkylation sites (tertiary alicyclic amines) is 2. The Bertz CT molecular complexity index is 1620. The number of rotatable bonds is 10. The number of carbonyl (C=O) groups is 2. The molecule has 1 N–H and O–H groups in total. The van der Waals surface area contributed by atoms with Crippen molar-refractivity contribution >= 4 is 23.2 Å². The molecular formula is C35H40N6O3S. The van der Waals surface area contributed by atoms with E-state index in [0.717, 1.165) is 60.2 Å². The third kappa shape index (κ3) is 7.75. The van der Waals surface area contributed by atoms with Crippen LogP contribution in [0, 0.1) is 5.92 Å². The molecule has 0 spiro atoms. The summed E-state index contributed by atoms with van der Waals surface area (Å²) in [6.45, 7) is 10.2. The summed E-state index contributed by atoms with van der Waals surface area (Å²) in [5.74, 6) is 1.91. The Hall–Kier alpha value is -4.15. The average Bonchev–Trinajstić information content (AvgIpc) is 3.66. The summed E-state index contributed by atoms with van der Waals surface area (Å²) in [6.07, 6.45) is 6.00. The van der Waals surface area contributed by atoms with Gasteiger partial charge in [0.15, 0.2) is 0 Å². The second kappa shape index (κ2) is 13.9. The van der Waals surface area contributed by atoms with Crippen LogP contribution in [0.1, 0.15) is 72.4 Å². The van der Waals surface area contributed by atoms with E-state index in [2.05, 4.69) is 46.2 Å². The Morgan fingerprint density at radius 2 is 1.78 bits per heavy atom. The summed E-state index contributed by atoms with van der Waals surface area (Å²) in [4.78, 5) is 34.4. The molecule has 4 aromatic rings. The molecule has 10 heteroatoms. The van der Waals surface area contributed by atoms with Crippen LogP contribution in [0.25, 0.3) is 10.6 Å². The molecule has 2 saturated heterocycles. The molecule has 2 aromatic carbocycles. The molecule has 1 atom stereocenters. The van der Waals surface area contributed by atoms with Gasteiger partial charge in [0.05, 0.1) is 0 Å². The zero-order chi connectivity index (χ0) is 31.3. The van der Waals surface area contributed by atoms with Crippen LogP contribution >= 0.6 is 11.3 Å². The van der Waals surface area contributed by atoms with Gasteiger partial charge in [0.2, 0.25) is 5.91 Å². The van der Waals surface area contributed by atoms with E-state index in [1.807, 2.05) is 65.8 Å². The minimum Gasteiger partial charge on any atom is -0.457 e. The number of nitrogens with zero attached hydrogens (tertiary/aromatic N) is 5. The Morgan fingerprint density at radius 3 is 2.44 bits per heavy atom. The maximum absolute atomic E-state index is 13.4. The van der Waals surface area contributed by atoms with Crippen molar-refractivity contribution in [1.29, 1.82) is 0 Å². The molecule has 0 bridgehead atoms. The molecule has 234 valence electrons. The van der Waals surface area contributed by atoms with Crippen LogP contribution in [0.4, 0.5) is 0 Å². The van der Waals surface area contributed by atoms with Gasteiger partial charge in [0.25, 0.3) is 5.91 Å². The maximum Gasteiger partial charge on any atom is 0.251 e. The van der Waals surface area contributed by atoms with E-state index in [0.29, 0.717) is 41.9 Å². The molecule has 9 nitrogen and oxygen atoms in total. The Balaban J connectivity index is 1.15. The lowest BCUT2D eigenvalue weighted by atomic mass is 10.0. The summed E-state index contributed by atoms with van der Waals surface area (Å²) in [7, 11) is 0. The molecule has 4 heterocycles. The first-order valence-corrected chi connectivity index (χ1v) is 16.6. The summed E-state index contributed by atoms with van der Waals surface area (Å²) in [5.41, 5.74) is 3.64. The lowest BCUT2D eigenvalue weighted by molar-refractivity contribution is -0.128. The minimum absolute atomic E-state index is 0.113. The first-order chi connectivity index (χ1) is 21.8. The van der Waals surface area contributed by atoms with Crippen LogP contribution in [0.2, 0.25) is 0 Å². The third-order valence-electron chi connectivity index (χ3n) is 8.44. The normalized spacial score (nSPS) is 17.6. The highest BCUT2D eigenvalue weighted by Gasteiger charge is 2.28. The third-order valence-corrected chi connectivity index (χ3v) is 9.71. The summed E-state index contributed by atoms with van der Waals surface area (Å²) in [5, 5.41) is 13.8. The fourth-order valence-corrected chi connectivity index (χ4v) is 6.73. The van der Waals surface area contributed by atoms with Gasteiger partial charge in [-0.1, -0.05) is 38.2 Å². The van der Waals surface area contributed by atoms with Crippen LogP contribution < -0.4 is 10.1 Å². The summed E-state index contributed by atoms with van der Waals surface area (Å²) in [6, 6.07) is 17.5. The quantitative estimate of drug-likeness (QED) is 0.222. The van der Waals surface area contributed by atoms with E-state index in [-0.39, 0.29) is 17.9 Å². The molecule has 6 rings (SSSR count). The number of amides is 2. The van der Waals surface area contributed by atoms with E-state index in [4.69, 9.17) is 4.74 Å². The minimum atomic E-state index is -0.113. The van der Waals surface area contributed by atoms with Gasteiger partial charge in [0, 0.05) is 80.2 Å². The second-order valence-electron chi connectivity index (χ2n) is 12.5. The molecule has 0 aliphatic carbocycles. The van der Waals surface area contributed by atoms with E-state index in [9.17, 15) is 9.59 Å². The van der Waals surface area contributed by atoms with Gasteiger partial charge in [-0.25, -0.2) is 0 Å². The number of piperidine rings is 1. The smallest absolute Gasteiger partial charge is 0.251 e. The van der Waals surface area contributed by atoms with Crippen molar-refractivity contribution in [3.63, 3.8) is 0 Å². The molecule has 2 aliphatic heterocycles. The number of hydrogen-bond acceptors (Lipinski definition) is 8. The predicted molar refractivity (Wildman–Crippen MR) is 175 cm³/mol. The van der Waals surface area contributed by atoms with Crippen molar-refractivity contribution in [1.82, 2.24) is 30.3 Å². The number of carbonyl (C=O) groups excluding carboxylic acids is 2. The Morgan fingerprint density at radius 1 is 1.02 bits per heavy atom. The summed E-state index contributed by atoms with van der Waals surface area (Å²) < 4.78 is 6.41. The monoisotopic (exact) mass is 624 g/mol. The SMILES string of the molecule is CC(C)c1nnc(-c2ccc(Oc3cc(C(=O)NC4CCN(Cc5ccncc5)CC4)ccc3CN3C[C@@H](C)CC3=O)cc2)s1. The molecular weight excluding hydrogens is 584 g/mol. The molecule has 2 amide bonds. The van der Waals surface area contributed by atoms with Crippen molar-refractivity contribution in [2.45, 2.75) is 65.1 Å². The molecule has 2 fully saturated rings. The van der Waals surface area contributed by atoms with Crippen molar-refractivity contribution in [2.75, 3.05) is 19.6 Å². The molecule has 2 aromatic heterocycles. The van der Waals surface area contributed by atoms with Gasteiger partial charge in [-0.05, 0) is 72.9 Å². The lowest BCUT2D eigenvalue weighted by Crippen LogP contribution is -2.44. The zero-order valence-corrected chi connectivity index (χ0v) is 26.9. The number of ether oxygens (including phenoxy) is 1. The van der Waals surface area contributed by atoms with Crippen LogP contribution in [0.3, 0.4) is 0 Å². The highest BCUT2D eigenvalue weighted by molar-refractivity contribution is 7.14. The van der Waals surface area contributed by atoms with Crippen LogP contribution in [-0.2, 0) is 17.9 Å². The van der Waals surface area contributed by atoms with E-state index in [1.54, 1.807) is 17.4 Å². The molecule has 45 heavy (non-hydrogen) atoms. The predicted octanol–water partition coefficient (Wildman–Crippen LogP) is 6.28. The van der Waals surface area contributed by atoms with E-state index < -0.39 is 0 Å². The Labute approximate surface area is 268 Å². The molecule has 0 radical (unpaired) electrons. The van der Waals surface area contributed by atoms with Crippen LogP contribution in [0.5, 0.6) is 11.5 Å². The average molecular weight is 625 g/mol. The first-order valence-electron chi connectivity index (χ1n) is 15.7. The van der Waals surface area contributed by atoms with Crippen LogP contribution in [-0.4, -0.2) is 62.5 Å². The van der Waals surface area contributed by atoms with Crippen molar-refractivity contribution in [2.24, 2.45) is 5.92 Å². The molecule has 0 saturated carbocycles. The van der Waals surface area contributed by atoms with Crippen molar-refractivity contribution < 1.29 is 14.3 Å². The highest BCUT2D eigenvalue weighted by Crippen LogP contribution is 2.33. The van der Waals surface area contributed by atoms with E-state index >= 15 is 0 Å². The maximum atomic E-state index is 13.4. The number of benzene rings is 2. The highest BCUT2D eigenvalue weighted by atomic mass is 32.1. The number of hydrogen-bond donors (Lipinski definition) is 1. The Kier molecular flexibility index (Phi) is 9.51. The van der Waals surface area contributed by atoms with E-state index in [1.165, 1.54) is 5.56 Å². The van der Waals surface area contributed by atoms with Crippen LogP contribution in [0.15, 0.2) is 67.0 Å². The summed E-state index contributed by atoms with van der Waals surface area (Å²) >= 11 is 1.59. The topological polar surface area (TPSA) is 101 Å². The molecule has 0 unspecified atom stereocenters. The zero-order valence-electron chi connectivity index (χ0n) is 26.1. The number of aromatic nitrogens is 3. The fraction of sp³-hybridized carbons (Fsp3) is 0.400. The van der Waals surface area contributed by atoms with Gasteiger partial charge in [-0.2, -0.15) is 0 Å². The van der Waals surface area contributed by atoms with Gasteiger partial charge in [-0.3, -0.25) is 19.5 Å². The number of pyridine rings is 1. The van der Waals surface area contributed by atoms with Gasteiger partial charge >= 0.3 is 0 Å². The standard InChI is InChI=1S/C35H40N6O3S/c1-23(2)34-38-39-35(45-34)26-6-8-30(9-7-26)44-31-19-27(4-5-28(31)22-41-20-24(3)18-32(41)42)33(43)37-29-12-16-40(17-13-29)21-25-10-14-36-15-11-25/h4-11,14-15,19,23-24,29H,12-13,16-18,20-22H2,1-3H3,(H,37,43)/t24-/m0/s1. The first kappa shape index (κ1) is 30.9. The largest absolute Gasteiger partial charge is 0.457 e. The lowest BCUT2D eigenvalue weighted by Gasteiger charge is -2.32. The van der Waals surface area contributed by atoms with Gasteiger partial charge in [-0.15, -0.1) is 10.2 Å². The molecule has 2 aliphatic rings. The van der Waals surface area contributed by atoms with Crippen molar-refractivity contribution in [3.8, 4) is 22.1 Å². The van der Waals surface area contributed by atoms with Gasteiger partial charge < -0.3 is 15.0 Å². The fourth-order valence-electron chi connectivity index (χ4n) is 5.88.